The van der Waals surface area contributed by atoms with Crippen molar-refractivity contribution in [2.75, 3.05) is 5.32 Å². The number of rotatable bonds is 5. The highest BCUT2D eigenvalue weighted by Crippen LogP contribution is 2.27. The number of ether oxygens (including phenoxy) is 1. The molecule has 1 atom stereocenters. The van der Waals surface area contributed by atoms with E-state index >= 15 is 0 Å². The van der Waals surface area contributed by atoms with E-state index in [1.807, 2.05) is 48.5 Å². The van der Waals surface area contributed by atoms with Crippen molar-refractivity contribution in [1.82, 2.24) is 5.43 Å². The Labute approximate surface area is 156 Å². The molecule has 0 aromatic heterocycles. The van der Waals surface area contributed by atoms with E-state index in [2.05, 4.69) is 15.8 Å². The number of hydrazone groups is 1. The van der Waals surface area contributed by atoms with Gasteiger partial charge in [0.05, 0.1) is 0 Å². The topological polar surface area (TPSA) is 96.9 Å². The molecule has 27 heavy (non-hydrogen) atoms. The van der Waals surface area contributed by atoms with Crippen molar-refractivity contribution in [3.63, 3.8) is 0 Å². The lowest BCUT2D eigenvalue weighted by Gasteiger charge is -2.17. The molecular weight excluding hydrogens is 346 g/mol. The van der Waals surface area contributed by atoms with Gasteiger partial charge in [0.1, 0.15) is 5.71 Å². The lowest BCUT2D eigenvalue weighted by molar-refractivity contribution is -0.146. The Hall–Kier alpha value is -3.48. The summed E-state index contributed by atoms with van der Waals surface area (Å²) in [7, 11) is 0. The number of amides is 2. The van der Waals surface area contributed by atoms with Crippen LogP contribution in [0.2, 0.25) is 0 Å². The third-order valence-electron chi connectivity index (χ3n) is 4.06. The van der Waals surface area contributed by atoms with Gasteiger partial charge < -0.3 is 10.1 Å². The fourth-order valence-corrected chi connectivity index (χ4v) is 2.60. The number of nitrogens with one attached hydrogen (secondary N) is 2. The Morgan fingerprint density at radius 3 is 2.48 bits per heavy atom. The molecule has 0 spiro atoms. The van der Waals surface area contributed by atoms with Crippen LogP contribution in [0.25, 0.3) is 11.1 Å². The van der Waals surface area contributed by atoms with Gasteiger partial charge in [-0.1, -0.05) is 48.5 Å². The van der Waals surface area contributed by atoms with Crippen LogP contribution in [0.15, 0.2) is 59.7 Å². The second-order valence-corrected chi connectivity index (χ2v) is 6.04. The summed E-state index contributed by atoms with van der Waals surface area (Å²) in [5.41, 5.74) is 4.78. The summed E-state index contributed by atoms with van der Waals surface area (Å²) in [6.45, 7) is 1.49. The van der Waals surface area contributed by atoms with E-state index in [4.69, 9.17) is 4.74 Å². The van der Waals surface area contributed by atoms with Crippen LogP contribution in [0.4, 0.5) is 5.69 Å². The Kier molecular flexibility index (Phi) is 5.61. The van der Waals surface area contributed by atoms with E-state index in [-0.39, 0.29) is 24.5 Å². The van der Waals surface area contributed by atoms with Gasteiger partial charge in [-0.25, -0.2) is 10.2 Å². The maximum atomic E-state index is 12.5. The molecule has 2 N–H and O–H groups in total. The molecule has 0 saturated carbocycles. The molecule has 7 heteroatoms. The van der Waals surface area contributed by atoms with E-state index in [0.29, 0.717) is 5.69 Å². The number of hydrogen-bond acceptors (Lipinski definition) is 5. The average molecular weight is 365 g/mol. The maximum absolute atomic E-state index is 12.5. The number of para-hydroxylation sites is 1. The maximum Gasteiger partial charge on any atom is 0.355 e. The van der Waals surface area contributed by atoms with Crippen molar-refractivity contribution in [3.05, 3.63) is 54.6 Å². The highest BCUT2D eigenvalue weighted by molar-refractivity contribution is 6.37. The zero-order valence-electron chi connectivity index (χ0n) is 14.8. The highest BCUT2D eigenvalue weighted by Gasteiger charge is 2.24. The zero-order valence-corrected chi connectivity index (χ0v) is 14.8. The second-order valence-electron chi connectivity index (χ2n) is 6.04. The molecule has 0 aliphatic carbocycles. The molecule has 138 valence electrons. The molecule has 0 radical (unpaired) electrons. The SMILES string of the molecule is C[C@@H](OC(=O)C1=NNC(=O)CC1)C(=O)Nc1ccccc1-c1ccccc1. The average Bonchev–Trinajstić information content (AvgIpc) is 2.69. The number of hydrogen-bond donors (Lipinski definition) is 2. The van der Waals surface area contributed by atoms with Crippen molar-refractivity contribution >= 4 is 29.2 Å². The minimum absolute atomic E-state index is 0.0962. The molecule has 0 bridgehead atoms. The number of anilines is 1. The predicted molar refractivity (Wildman–Crippen MR) is 101 cm³/mol. The number of nitrogens with zero attached hydrogens (tertiary/aromatic N) is 1. The van der Waals surface area contributed by atoms with Crippen LogP contribution in [-0.4, -0.2) is 29.6 Å². The minimum atomic E-state index is -1.01. The molecule has 0 fully saturated rings. The van der Waals surface area contributed by atoms with Crippen LogP contribution in [0.1, 0.15) is 19.8 Å². The molecule has 1 aliphatic rings. The Morgan fingerprint density at radius 2 is 1.78 bits per heavy atom. The van der Waals surface area contributed by atoms with Crippen molar-refractivity contribution in [3.8, 4) is 11.1 Å². The monoisotopic (exact) mass is 365 g/mol. The van der Waals surface area contributed by atoms with Gasteiger partial charge in [-0.3, -0.25) is 9.59 Å². The van der Waals surface area contributed by atoms with Gasteiger partial charge >= 0.3 is 5.97 Å². The minimum Gasteiger partial charge on any atom is -0.448 e. The highest BCUT2D eigenvalue weighted by atomic mass is 16.5. The number of carbonyl (C=O) groups is 3. The molecule has 2 aromatic carbocycles. The van der Waals surface area contributed by atoms with Crippen molar-refractivity contribution in [2.24, 2.45) is 5.10 Å². The van der Waals surface area contributed by atoms with Crippen LogP contribution in [0, 0.1) is 0 Å². The molecule has 1 aliphatic heterocycles. The zero-order chi connectivity index (χ0) is 19.2. The smallest absolute Gasteiger partial charge is 0.355 e. The summed E-state index contributed by atoms with van der Waals surface area (Å²) in [5, 5.41) is 6.47. The lowest BCUT2D eigenvalue weighted by Crippen LogP contribution is -2.35. The van der Waals surface area contributed by atoms with Gasteiger partial charge in [-0.05, 0) is 18.6 Å². The third-order valence-corrected chi connectivity index (χ3v) is 4.06. The van der Waals surface area contributed by atoms with Gasteiger partial charge in [0.2, 0.25) is 5.91 Å². The first kappa shape index (κ1) is 18.3. The van der Waals surface area contributed by atoms with E-state index in [0.717, 1.165) is 11.1 Å². The first-order valence-electron chi connectivity index (χ1n) is 8.56. The Morgan fingerprint density at radius 1 is 1.07 bits per heavy atom. The number of benzene rings is 2. The van der Waals surface area contributed by atoms with Crippen LogP contribution >= 0.6 is 0 Å². The predicted octanol–water partition coefficient (Wildman–Crippen LogP) is 2.49. The summed E-state index contributed by atoms with van der Waals surface area (Å²) in [6.07, 6.45) is -0.656. The standard InChI is InChI=1S/C20H19N3O4/c1-13(27-20(26)17-11-12-18(24)23-22-17)19(25)21-16-10-6-5-9-15(16)14-7-3-2-4-8-14/h2-10,13H,11-12H2,1H3,(H,21,25)(H,23,24)/t13-/m1/s1. The van der Waals surface area contributed by atoms with Crippen molar-refractivity contribution in [1.29, 1.82) is 0 Å². The summed E-state index contributed by atoms with van der Waals surface area (Å²) in [4.78, 5) is 35.6. The second kappa shape index (κ2) is 8.27. The van der Waals surface area contributed by atoms with Gasteiger partial charge in [-0.15, -0.1) is 0 Å². The first-order valence-corrected chi connectivity index (χ1v) is 8.56. The first-order chi connectivity index (χ1) is 13.0. The number of esters is 1. The number of carbonyl (C=O) groups excluding carboxylic acids is 3. The normalized spacial score (nSPS) is 14.6. The van der Waals surface area contributed by atoms with Crippen LogP contribution in [0.5, 0.6) is 0 Å². The van der Waals surface area contributed by atoms with Crippen LogP contribution in [-0.2, 0) is 19.1 Å². The fraction of sp³-hybridized carbons (Fsp3) is 0.200. The van der Waals surface area contributed by atoms with Crippen molar-refractivity contribution in [2.45, 2.75) is 25.9 Å². The molecule has 7 nitrogen and oxygen atoms in total. The molecule has 2 amide bonds. The van der Waals surface area contributed by atoms with E-state index in [1.165, 1.54) is 6.92 Å². The van der Waals surface area contributed by atoms with E-state index in [9.17, 15) is 14.4 Å². The van der Waals surface area contributed by atoms with Gasteiger partial charge in [0.25, 0.3) is 5.91 Å². The van der Waals surface area contributed by atoms with Gasteiger partial charge in [0, 0.05) is 24.1 Å². The molecule has 0 unspecified atom stereocenters. The van der Waals surface area contributed by atoms with Gasteiger partial charge in [0.15, 0.2) is 6.10 Å². The lowest BCUT2D eigenvalue weighted by atomic mass is 10.0. The summed E-state index contributed by atoms with van der Waals surface area (Å²) in [5.74, 6) is -1.42. The van der Waals surface area contributed by atoms with Crippen LogP contribution in [0.3, 0.4) is 0 Å². The van der Waals surface area contributed by atoms with Gasteiger partial charge in [-0.2, -0.15) is 5.10 Å². The summed E-state index contributed by atoms with van der Waals surface area (Å²) < 4.78 is 5.17. The van der Waals surface area contributed by atoms with E-state index in [1.54, 1.807) is 6.07 Å². The Bertz CT molecular complexity index is 893. The van der Waals surface area contributed by atoms with Crippen LogP contribution < -0.4 is 10.7 Å². The fourth-order valence-electron chi connectivity index (χ4n) is 2.60. The summed E-state index contributed by atoms with van der Waals surface area (Å²) in [6, 6.07) is 17.0. The quantitative estimate of drug-likeness (QED) is 0.796. The van der Waals surface area contributed by atoms with E-state index < -0.39 is 18.0 Å². The largest absolute Gasteiger partial charge is 0.448 e. The Balaban J connectivity index is 1.67. The molecule has 2 aromatic rings. The molecule has 0 saturated heterocycles. The summed E-state index contributed by atoms with van der Waals surface area (Å²) >= 11 is 0. The molecular formula is C20H19N3O4. The molecule has 1 heterocycles. The molecule has 3 rings (SSSR count). The van der Waals surface area contributed by atoms with Crippen molar-refractivity contribution < 1.29 is 19.1 Å². The third kappa shape index (κ3) is 4.58.